The van der Waals surface area contributed by atoms with Gasteiger partial charge in [0.15, 0.2) is 0 Å². The fraction of sp³-hybridized carbons (Fsp3) is 0.667. The summed E-state index contributed by atoms with van der Waals surface area (Å²) in [5, 5.41) is 0. The summed E-state index contributed by atoms with van der Waals surface area (Å²) in [6.45, 7) is 1.94. The van der Waals surface area contributed by atoms with Gasteiger partial charge in [-0.15, -0.1) is 0 Å². The fourth-order valence-corrected chi connectivity index (χ4v) is 0.640. The van der Waals surface area contributed by atoms with Crippen LogP contribution in [0.2, 0.25) is 0 Å². The molecule has 0 saturated heterocycles. The smallest absolute Gasteiger partial charge is 0.416 e. The molecule has 64 valence electrons. The largest absolute Gasteiger partial charge is 0.449 e. The van der Waals surface area contributed by atoms with Crippen molar-refractivity contribution in [2.75, 3.05) is 19.4 Å². The van der Waals surface area contributed by atoms with E-state index in [1.54, 1.807) is 6.92 Å². The molecule has 0 spiro atoms. The maximum atomic E-state index is 10.8. The number of amides is 2. The maximum Gasteiger partial charge on any atom is 0.416 e. The number of ether oxygens (including phenoxy) is 1. The minimum absolute atomic E-state index is 0.00924. The van der Waals surface area contributed by atoms with Crippen LogP contribution in [0.1, 0.15) is 6.92 Å². The second kappa shape index (κ2) is 5.01. The Kier molecular flexibility index (Phi) is 4.69. The third-order valence-corrected chi connectivity index (χ3v) is 1.32. The van der Waals surface area contributed by atoms with Crippen LogP contribution in [0.3, 0.4) is 0 Å². The first-order chi connectivity index (χ1) is 5.13. The molecule has 0 fully saturated rings. The summed E-state index contributed by atoms with van der Waals surface area (Å²) >= 11 is 3.72. The average Bonchev–Trinajstić information content (AvgIpc) is 2.02. The van der Waals surface area contributed by atoms with Crippen molar-refractivity contribution < 1.29 is 14.3 Å². The van der Waals surface area contributed by atoms with Gasteiger partial charge in [-0.1, -0.05) is 0 Å². The Hall–Kier alpha value is -0.710. The van der Waals surface area contributed by atoms with Crippen LogP contribution in [0, 0.1) is 0 Å². The Morgan fingerprint density at radius 3 is 2.45 bits per heavy atom. The molecule has 2 amide bonds. The highest BCUT2D eigenvalue weighted by molar-refractivity contribution is 7.81. The Morgan fingerprint density at radius 2 is 2.09 bits per heavy atom. The van der Waals surface area contributed by atoms with E-state index in [-0.39, 0.29) is 18.3 Å². The van der Waals surface area contributed by atoms with Crippen LogP contribution in [0.5, 0.6) is 0 Å². The SMILES string of the molecule is CCOC(=O)N(C)C(=O)CS. The van der Waals surface area contributed by atoms with Gasteiger partial charge in [-0.2, -0.15) is 12.6 Å². The van der Waals surface area contributed by atoms with E-state index in [4.69, 9.17) is 0 Å². The Bertz CT molecular complexity index is 160. The highest BCUT2D eigenvalue weighted by Crippen LogP contribution is 1.92. The molecule has 0 rings (SSSR count). The summed E-state index contributed by atoms with van der Waals surface area (Å²) in [5.74, 6) is -0.359. The number of imide groups is 1. The third kappa shape index (κ3) is 3.27. The monoisotopic (exact) mass is 177 g/mol. The number of carbonyl (C=O) groups is 2. The molecule has 0 aliphatic heterocycles. The van der Waals surface area contributed by atoms with Crippen LogP contribution >= 0.6 is 12.6 Å². The molecule has 4 nitrogen and oxygen atoms in total. The minimum atomic E-state index is -0.633. The van der Waals surface area contributed by atoms with Gasteiger partial charge in [0.1, 0.15) is 0 Å². The molecule has 0 saturated carbocycles. The molecule has 0 aliphatic rings. The molecule has 0 unspecified atom stereocenters. The van der Waals surface area contributed by atoms with Crippen molar-refractivity contribution in [2.24, 2.45) is 0 Å². The van der Waals surface area contributed by atoms with Crippen molar-refractivity contribution in [1.82, 2.24) is 4.90 Å². The summed E-state index contributed by atoms with van der Waals surface area (Å²) in [6, 6.07) is 0. The molecule has 0 atom stereocenters. The van der Waals surface area contributed by atoms with Crippen molar-refractivity contribution >= 4 is 24.6 Å². The van der Waals surface area contributed by atoms with E-state index in [1.807, 2.05) is 0 Å². The number of thiol groups is 1. The van der Waals surface area contributed by atoms with E-state index in [2.05, 4.69) is 17.4 Å². The van der Waals surface area contributed by atoms with E-state index in [0.29, 0.717) is 0 Å². The highest BCUT2D eigenvalue weighted by atomic mass is 32.1. The molecule has 5 heteroatoms. The molecule has 0 aromatic heterocycles. The maximum absolute atomic E-state index is 10.8. The molecule has 11 heavy (non-hydrogen) atoms. The number of nitrogens with zero attached hydrogens (tertiary/aromatic N) is 1. The molecule has 0 aromatic carbocycles. The summed E-state index contributed by atoms with van der Waals surface area (Å²) in [4.78, 5) is 22.5. The fourth-order valence-electron chi connectivity index (χ4n) is 0.428. The van der Waals surface area contributed by atoms with Crippen LogP contribution in [0.15, 0.2) is 0 Å². The number of hydrogen-bond acceptors (Lipinski definition) is 4. The van der Waals surface area contributed by atoms with E-state index >= 15 is 0 Å². The second-order valence-corrected chi connectivity index (χ2v) is 2.13. The number of rotatable bonds is 2. The number of carbonyl (C=O) groups excluding carboxylic acids is 2. The van der Waals surface area contributed by atoms with Crippen LogP contribution in [0.25, 0.3) is 0 Å². The minimum Gasteiger partial charge on any atom is -0.449 e. The lowest BCUT2D eigenvalue weighted by Crippen LogP contribution is -2.34. The van der Waals surface area contributed by atoms with Crippen LogP contribution in [0.4, 0.5) is 4.79 Å². The van der Waals surface area contributed by atoms with Gasteiger partial charge in [0.25, 0.3) is 0 Å². The lowest BCUT2D eigenvalue weighted by atomic mass is 10.6. The number of hydrogen-bond donors (Lipinski definition) is 1. The van der Waals surface area contributed by atoms with Crippen LogP contribution in [-0.4, -0.2) is 36.3 Å². The van der Waals surface area contributed by atoms with Crippen molar-refractivity contribution in [1.29, 1.82) is 0 Å². The van der Waals surface area contributed by atoms with Gasteiger partial charge in [0.05, 0.1) is 12.4 Å². The van der Waals surface area contributed by atoms with Crippen molar-refractivity contribution in [3.63, 3.8) is 0 Å². The summed E-state index contributed by atoms with van der Waals surface area (Å²) < 4.78 is 4.56. The molecule has 0 heterocycles. The van der Waals surface area contributed by atoms with Crippen molar-refractivity contribution in [2.45, 2.75) is 6.92 Å². The zero-order valence-corrected chi connectivity index (χ0v) is 7.43. The van der Waals surface area contributed by atoms with E-state index in [9.17, 15) is 9.59 Å². The lowest BCUT2D eigenvalue weighted by molar-refractivity contribution is -0.125. The highest BCUT2D eigenvalue weighted by Gasteiger charge is 2.15. The third-order valence-electron chi connectivity index (χ3n) is 1.05. The molecular weight excluding hydrogens is 166 g/mol. The summed E-state index contributed by atoms with van der Waals surface area (Å²) in [5.41, 5.74) is 0. The summed E-state index contributed by atoms with van der Waals surface area (Å²) in [7, 11) is 1.36. The van der Waals surface area contributed by atoms with Crippen LogP contribution < -0.4 is 0 Å². The molecular formula is C6H11NO3S. The second-order valence-electron chi connectivity index (χ2n) is 1.81. The molecule has 0 bridgehead atoms. The molecule has 0 aromatic rings. The zero-order valence-electron chi connectivity index (χ0n) is 6.53. The van der Waals surface area contributed by atoms with Crippen molar-refractivity contribution in [3.05, 3.63) is 0 Å². The average molecular weight is 177 g/mol. The normalized spacial score (nSPS) is 9.00. The summed E-state index contributed by atoms with van der Waals surface area (Å²) in [6.07, 6.45) is -0.633. The van der Waals surface area contributed by atoms with Gasteiger partial charge in [0.2, 0.25) is 5.91 Å². The van der Waals surface area contributed by atoms with E-state index < -0.39 is 6.09 Å². The van der Waals surface area contributed by atoms with Gasteiger partial charge in [0, 0.05) is 7.05 Å². The predicted molar refractivity (Wildman–Crippen MR) is 43.6 cm³/mol. The van der Waals surface area contributed by atoms with E-state index in [1.165, 1.54) is 7.05 Å². The molecule has 0 radical (unpaired) electrons. The van der Waals surface area contributed by atoms with Gasteiger partial charge in [-0.25, -0.2) is 9.69 Å². The molecule has 0 N–H and O–H groups in total. The van der Waals surface area contributed by atoms with Crippen molar-refractivity contribution in [3.8, 4) is 0 Å². The Labute approximate surface area is 70.9 Å². The first-order valence-corrected chi connectivity index (χ1v) is 3.80. The lowest BCUT2D eigenvalue weighted by Gasteiger charge is -2.12. The Balaban J connectivity index is 3.91. The van der Waals surface area contributed by atoms with Gasteiger partial charge >= 0.3 is 6.09 Å². The van der Waals surface area contributed by atoms with Gasteiger partial charge in [-0.05, 0) is 6.92 Å². The first kappa shape index (κ1) is 10.3. The first-order valence-electron chi connectivity index (χ1n) is 3.17. The van der Waals surface area contributed by atoms with E-state index in [0.717, 1.165) is 4.90 Å². The Morgan fingerprint density at radius 1 is 1.55 bits per heavy atom. The van der Waals surface area contributed by atoms with Crippen LogP contribution in [-0.2, 0) is 9.53 Å². The standard InChI is InChI=1S/C6H11NO3S/c1-3-10-6(9)7(2)5(8)4-11/h11H,3-4H2,1-2H3. The van der Waals surface area contributed by atoms with Gasteiger partial charge in [-0.3, -0.25) is 4.79 Å². The molecule has 0 aliphatic carbocycles. The predicted octanol–water partition coefficient (Wildman–Crippen LogP) is 0.531. The zero-order chi connectivity index (χ0) is 8.85. The topological polar surface area (TPSA) is 46.6 Å². The quantitative estimate of drug-likeness (QED) is 0.626. The van der Waals surface area contributed by atoms with Gasteiger partial charge < -0.3 is 4.74 Å².